The van der Waals surface area contributed by atoms with E-state index in [-0.39, 0.29) is 6.04 Å². The van der Waals surface area contributed by atoms with Crippen LogP contribution in [0, 0.1) is 0 Å². The van der Waals surface area contributed by atoms with Gasteiger partial charge in [-0.2, -0.15) is 0 Å². The van der Waals surface area contributed by atoms with Crippen molar-refractivity contribution in [2.45, 2.75) is 18.9 Å². The molecule has 1 unspecified atom stereocenters. The molecule has 2 aromatic carbocycles. The molecule has 2 aliphatic rings. The van der Waals surface area contributed by atoms with Gasteiger partial charge >= 0.3 is 0 Å². The second-order valence-corrected chi connectivity index (χ2v) is 5.29. The minimum absolute atomic E-state index is 0.167. The molecule has 0 radical (unpaired) electrons. The largest absolute Gasteiger partial charge is 0.346 e. The minimum Gasteiger partial charge on any atom is -0.346 e. The fraction of sp³-hybridized carbons (Fsp3) is 0.167. The monoisotopic (exact) mass is 260 g/mol. The maximum Gasteiger partial charge on any atom is 0.1000 e. The van der Waals surface area contributed by atoms with Crippen molar-refractivity contribution in [3.63, 3.8) is 0 Å². The third-order valence-electron chi connectivity index (χ3n) is 4.15. The van der Waals surface area contributed by atoms with Crippen LogP contribution in [0.4, 0.5) is 0 Å². The van der Waals surface area contributed by atoms with E-state index in [9.17, 15) is 0 Å². The topological polar surface area (TPSA) is 24.4 Å². The maximum atomic E-state index is 4.66. The van der Waals surface area contributed by atoms with Crippen LogP contribution in [0.15, 0.2) is 65.2 Å². The molecule has 0 amide bonds. The molecule has 2 aromatic rings. The summed E-state index contributed by atoms with van der Waals surface area (Å²) < 4.78 is 0. The van der Waals surface area contributed by atoms with E-state index in [2.05, 4.69) is 64.9 Å². The summed E-state index contributed by atoms with van der Waals surface area (Å²) in [5, 5.41) is 3.36. The summed E-state index contributed by atoms with van der Waals surface area (Å²) in [5.74, 6) is 0. The number of fused-ring (bicyclic) bond motifs is 2. The third-order valence-corrected chi connectivity index (χ3v) is 4.15. The highest BCUT2D eigenvalue weighted by molar-refractivity contribution is 5.83. The van der Waals surface area contributed by atoms with Crippen molar-refractivity contribution in [2.75, 3.05) is 0 Å². The summed E-state index contributed by atoms with van der Waals surface area (Å²) in [6, 6.07) is 19.4. The van der Waals surface area contributed by atoms with Crippen molar-refractivity contribution in [1.29, 1.82) is 0 Å². The Balaban J connectivity index is 1.84. The Kier molecular flexibility index (Phi) is 2.66. The smallest absolute Gasteiger partial charge is 0.1000 e. The Morgan fingerprint density at radius 3 is 2.60 bits per heavy atom. The van der Waals surface area contributed by atoms with Crippen LogP contribution >= 0.6 is 0 Å². The number of hydrogen-bond acceptors (Lipinski definition) is 2. The Morgan fingerprint density at radius 1 is 0.900 bits per heavy atom. The van der Waals surface area contributed by atoms with E-state index in [1.54, 1.807) is 0 Å². The average molecular weight is 260 g/mol. The maximum absolute atomic E-state index is 4.66. The zero-order valence-corrected chi connectivity index (χ0v) is 11.2. The van der Waals surface area contributed by atoms with Crippen molar-refractivity contribution >= 4 is 12.0 Å². The number of rotatable bonds is 1. The van der Waals surface area contributed by atoms with Gasteiger partial charge in [-0.25, -0.2) is 0 Å². The summed E-state index contributed by atoms with van der Waals surface area (Å²) in [4.78, 5) is 4.66. The molecule has 0 spiro atoms. The lowest BCUT2D eigenvalue weighted by molar-refractivity contribution is 0.742. The van der Waals surface area contributed by atoms with Gasteiger partial charge in [0.05, 0.1) is 12.4 Å². The average Bonchev–Trinajstić information content (AvgIpc) is 2.55. The first kappa shape index (κ1) is 11.5. The lowest BCUT2D eigenvalue weighted by atomic mass is 9.83. The van der Waals surface area contributed by atoms with Gasteiger partial charge in [-0.05, 0) is 29.5 Å². The second kappa shape index (κ2) is 4.64. The number of nitrogens with zero attached hydrogens (tertiary/aromatic N) is 1. The Labute approximate surface area is 118 Å². The standard InChI is InChI=1S/C18H16N2/c1-2-7-14(8-3-1)17-16-11-10-13-6-4-5-9-15(13)18(16)20-12-19-17/h1-9,12,17H,10-11H2,(H,19,20). The van der Waals surface area contributed by atoms with Crippen molar-refractivity contribution in [2.24, 2.45) is 4.99 Å². The first-order valence-corrected chi connectivity index (χ1v) is 7.08. The summed E-state index contributed by atoms with van der Waals surface area (Å²) in [5.41, 5.74) is 6.71. The molecule has 0 saturated carbocycles. The van der Waals surface area contributed by atoms with Gasteiger partial charge < -0.3 is 5.32 Å². The fourth-order valence-corrected chi connectivity index (χ4v) is 3.18. The van der Waals surface area contributed by atoms with E-state index in [1.807, 2.05) is 6.34 Å². The number of nitrogens with one attached hydrogen (secondary N) is 1. The molecule has 0 aromatic heterocycles. The Bertz CT molecular complexity index is 698. The SMILES string of the molecule is C1=NC(c2ccccc2)C2=C(N1)c1ccccc1CC2. The van der Waals surface area contributed by atoms with Crippen molar-refractivity contribution in [1.82, 2.24) is 5.32 Å². The minimum atomic E-state index is 0.167. The molecular formula is C18H16N2. The molecule has 1 aliphatic carbocycles. The summed E-state index contributed by atoms with van der Waals surface area (Å²) >= 11 is 0. The second-order valence-electron chi connectivity index (χ2n) is 5.29. The van der Waals surface area contributed by atoms with Crippen molar-refractivity contribution in [3.8, 4) is 0 Å². The zero-order chi connectivity index (χ0) is 13.4. The highest BCUT2D eigenvalue weighted by atomic mass is 15.0. The quantitative estimate of drug-likeness (QED) is 0.830. The van der Waals surface area contributed by atoms with Crippen LogP contribution in [-0.2, 0) is 6.42 Å². The molecule has 1 atom stereocenters. The molecule has 98 valence electrons. The van der Waals surface area contributed by atoms with Crippen LogP contribution in [0.2, 0.25) is 0 Å². The van der Waals surface area contributed by atoms with E-state index in [1.165, 1.54) is 28.0 Å². The van der Waals surface area contributed by atoms with Gasteiger partial charge in [0.15, 0.2) is 0 Å². The summed E-state index contributed by atoms with van der Waals surface area (Å²) in [6.07, 6.45) is 4.03. The van der Waals surface area contributed by atoms with Gasteiger partial charge in [-0.15, -0.1) is 0 Å². The van der Waals surface area contributed by atoms with E-state index in [0.717, 1.165) is 12.8 Å². The highest BCUT2D eigenvalue weighted by Crippen LogP contribution is 2.39. The highest BCUT2D eigenvalue weighted by Gasteiger charge is 2.27. The molecule has 0 saturated heterocycles. The first-order valence-electron chi connectivity index (χ1n) is 7.08. The fourth-order valence-electron chi connectivity index (χ4n) is 3.18. The Morgan fingerprint density at radius 2 is 1.70 bits per heavy atom. The first-order chi connectivity index (χ1) is 9.93. The predicted octanol–water partition coefficient (Wildman–Crippen LogP) is 3.72. The molecule has 2 heteroatoms. The van der Waals surface area contributed by atoms with Gasteiger partial charge in [0, 0.05) is 11.3 Å². The lowest BCUT2D eigenvalue weighted by Gasteiger charge is -2.30. The molecule has 4 rings (SSSR count). The van der Waals surface area contributed by atoms with Crippen LogP contribution in [0.3, 0.4) is 0 Å². The van der Waals surface area contributed by atoms with E-state index < -0.39 is 0 Å². The number of hydrogen-bond donors (Lipinski definition) is 1. The molecular weight excluding hydrogens is 244 g/mol. The number of aliphatic imine (C=N–C) groups is 1. The lowest BCUT2D eigenvalue weighted by Crippen LogP contribution is -2.24. The molecule has 2 nitrogen and oxygen atoms in total. The molecule has 0 fully saturated rings. The van der Waals surface area contributed by atoms with Gasteiger partial charge in [0.2, 0.25) is 0 Å². The summed E-state index contributed by atoms with van der Waals surface area (Å²) in [6.45, 7) is 0. The third kappa shape index (κ3) is 1.76. The molecule has 0 bridgehead atoms. The number of benzene rings is 2. The van der Waals surface area contributed by atoms with Crippen LogP contribution in [0.1, 0.15) is 29.2 Å². The van der Waals surface area contributed by atoms with Gasteiger partial charge in [0.1, 0.15) is 0 Å². The van der Waals surface area contributed by atoms with E-state index in [0.29, 0.717) is 0 Å². The van der Waals surface area contributed by atoms with Crippen LogP contribution < -0.4 is 5.32 Å². The zero-order valence-electron chi connectivity index (χ0n) is 11.2. The summed E-state index contributed by atoms with van der Waals surface area (Å²) in [7, 11) is 0. The molecule has 20 heavy (non-hydrogen) atoms. The predicted molar refractivity (Wildman–Crippen MR) is 82.5 cm³/mol. The Hall–Kier alpha value is -2.35. The van der Waals surface area contributed by atoms with E-state index in [4.69, 9.17) is 0 Å². The molecule has 1 aliphatic heterocycles. The van der Waals surface area contributed by atoms with Gasteiger partial charge in [-0.1, -0.05) is 54.6 Å². The van der Waals surface area contributed by atoms with Crippen LogP contribution in [-0.4, -0.2) is 6.34 Å². The van der Waals surface area contributed by atoms with Crippen LogP contribution in [0.25, 0.3) is 5.70 Å². The van der Waals surface area contributed by atoms with E-state index >= 15 is 0 Å². The molecule has 1 heterocycles. The van der Waals surface area contributed by atoms with Gasteiger partial charge in [-0.3, -0.25) is 4.99 Å². The van der Waals surface area contributed by atoms with Crippen LogP contribution in [0.5, 0.6) is 0 Å². The van der Waals surface area contributed by atoms with Crippen molar-refractivity contribution < 1.29 is 0 Å². The molecule has 1 N–H and O–H groups in total. The van der Waals surface area contributed by atoms with Crippen molar-refractivity contribution in [3.05, 3.63) is 76.9 Å². The normalized spacial score (nSPS) is 20.1. The van der Waals surface area contributed by atoms with Gasteiger partial charge in [0.25, 0.3) is 0 Å². The number of aryl methyl sites for hydroxylation is 1.